The molecule has 0 saturated carbocycles. The summed E-state index contributed by atoms with van der Waals surface area (Å²) in [7, 11) is 0. The normalized spacial score (nSPS) is 21.9. The van der Waals surface area contributed by atoms with Crippen LogP contribution in [0.25, 0.3) is 11.4 Å². The van der Waals surface area contributed by atoms with Crippen molar-refractivity contribution in [3.63, 3.8) is 0 Å². The molecule has 0 radical (unpaired) electrons. The molecule has 5 rings (SSSR count). The predicted octanol–water partition coefficient (Wildman–Crippen LogP) is 3.92. The van der Waals surface area contributed by atoms with E-state index in [2.05, 4.69) is 19.9 Å². The number of ether oxygens (including phenoxy) is 1. The Balaban J connectivity index is 1.36. The van der Waals surface area contributed by atoms with Crippen molar-refractivity contribution in [2.24, 2.45) is 0 Å². The van der Waals surface area contributed by atoms with Crippen molar-refractivity contribution >= 4 is 5.91 Å². The highest BCUT2D eigenvalue weighted by atomic mass is 19.4. The van der Waals surface area contributed by atoms with Crippen LogP contribution in [0.2, 0.25) is 0 Å². The number of hydrogen-bond donors (Lipinski definition) is 0. The fourth-order valence-corrected chi connectivity index (χ4v) is 4.49. The van der Waals surface area contributed by atoms with Gasteiger partial charge in [-0.3, -0.25) is 4.79 Å². The van der Waals surface area contributed by atoms with Gasteiger partial charge in [-0.25, -0.2) is 24.3 Å². The molecule has 7 nitrogen and oxygen atoms in total. The van der Waals surface area contributed by atoms with Gasteiger partial charge in [-0.05, 0) is 18.9 Å². The monoisotopic (exact) mass is 459 g/mol. The molecule has 0 spiro atoms. The number of alkyl halides is 3. The Labute approximate surface area is 185 Å². The summed E-state index contributed by atoms with van der Waals surface area (Å²) in [6.45, 7) is 0. The van der Waals surface area contributed by atoms with E-state index in [-0.39, 0.29) is 29.8 Å². The van der Waals surface area contributed by atoms with E-state index in [1.807, 2.05) is 0 Å². The van der Waals surface area contributed by atoms with Crippen LogP contribution in [0.15, 0.2) is 49.1 Å². The van der Waals surface area contributed by atoms with Gasteiger partial charge >= 0.3 is 12.2 Å². The van der Waals surface area contributed by atoms with E-state index in [1.165, 1.54) is 0 Å². The molecular formula is C22H17F4N5O2. The average molecular weight is 459 g/mol. The lowest BCUT2D eigenvalue weighted by Crippen LogP contribution is -2.39. The first-order chi connectivity index (χ1) is 15.8. The van der Waals surface area contributed by atoms with Gasteiger partial charge in [0.25, 0.3) is 5.91 Å². The Morgan fingerprint density at radius 1 is 1.00 bits per heavy atom. The van der Waals surface area contributed by atoms with Crippen LogP contribution in [0, 0.1) is 5.82 Å². The number of aromatic nitrogens is 4. The number of carbonyl (C=O) groups excluding carboxylic acids is 1. The van der Waals surface area contributed by atoms with Crippen LogP contribution >= 0.6 is 0 Å². The van der Waals surface area contributed by atoms with Crippen molar-refractivity contribution < 1.29 is 27.1 Å². The van der Waals surface area contributed by atoms with Gasteiger partial charge in [0.05, 0.1) is 29.6 Å². The summed E-state index contributed by atoms with van der Waals surface area (Å²) in [5.74, 6) is -0.575. The second kappa shape index (κ2) is 8.05. The number of carbonyl (C=O) groups is 1. The first-order valence-corrected chi connectivity index (χ1v) is 10.3. The molecule has 1 amide bonds. The summed E-state index contributed by atoms with van der Waals surface area (Å²) < 4.78 is 57.2. The van der Waals surface area contributed by atoms with E-state index in [0.717, 1.165) is 18.8 Å². The zero-order valence-corrected chi connectivity index (χ0v) is 17.0. The Bertz CT molecular complexity index is 1170. The van der Waals surface area contributed by atoms with Crippen LogP contribution in [0.4, 0.5) is 17.6 Å². The summed E-state index contributed by atoms with van der Waals surface area (Å²) in [6.07, 6.45) is 0.476. The average Bonchev–Trinajstić information content (AvgIpc) is 3.37. The molecule has 2 saturated heterocycles. The van der Waals surface area contributed by atoms with Gasteiger partial charge in [0.15, 0.2) is 11.6 Å². The fourth-order valence-electron chi connectivity index (χ4n) is 4.49. The van der Waals surface area contributed by atoms with Crippen LogP contribution in [-0.4, -0.2) is 48.9 Å². The van der Waals surface area contributed by atoms with E-state index in [9.17, 15) is 22.4 Å². The van der Waals surface area contributed by atoms with Crippen molar-refractivity contribution in [1.29, 1.82) is 0 Å². The summed E-state index contributed by atoms with van der Waals surface area (Å²) >= 11 is 0. The maximum atomic E-state index is 13.5. The number of amides is 1. The number of hydrogen-bond acceptors (Lipinski definition) is 6. The molecule has 2 aromatic heterocycles. The number of rotatable bonds is 4. The summed E-state index contributed by atoms with van der Waals surface area (Å²) in [4.78, 5) is 30.6. The van der Waals surface area contributed by atoms with Crippen LogP contribution in [0.5, 0.6) is 6.01 Å². The molecule has 3 aromatic rings. The Hall–Kier alpha value is -3.63. The first-order valence-electron chi connectivity index (χ1n) is 10.3. The highest BCUT2D eigenvalue weighted by Gasteiger charge is 2.50. The smallest absolute Gasteiger partial charge is 0.419 e. The molecule has 170 valence electrons. The third-order valence-electron chi connectivity index (χ3n) is 5.95. The van der Waals surface area contributed by atoms with E-state index >= 15 is 0 Å². The van der Waals surface area contributed by atoms with E-state index in [0.29, 0.717) is 36.4 Å². The highest BCUT2D eigenvalue weighted by molar-refractivity contribution is 6.00. The van der Waals surface area contributed by atoms with Crippen LogP contribution in [-0.2, 0) is 6.18 Å². The van der Waals surface area contributed by atoms with Crippen LogP contribution in [0.1, 0.15) is 35.2 Å². The molecule has 2 fully saturated rings. The lowest BCUT2D eigenvalue weighted by molar-refractivity contribution is -0.138. The lowest BCUT2D eigenvalue weighted by atomic mass is 9.98. The minimum atomic E-state index is -4.53. The second-order valence-electron chi connectivity index (χ2n) is 7.93. The molecule has 2 bridgehead atoms. The summed E-state index contributed by atoms with van der Waals surface area (Å²) in [5, 5.41) is 0. The third kappa shape index (κ3) is 3.98. The maximum Gasteiger partial charge on any atom is 0.419 e. The SMILES string of the molecule is O=C(c1ccccc1-c1ncc(F)cn1)N1[C@@H]2CC[C@H]1[C@H](Oc1ncc(C(F)(F)F)cn1)C2. The minimum Gasteiger partial charge on any atom is -0.458 e. The maximum absolute atomic E-state index is 13.5. The Kier molecular flexibility index (Phi) is 5.18. The largest absolute Gasteiger partial charge is 0.458 e. The van der Waals surface area contributed by atoms with Crippen LogP contribution in [0.3, 0.4) is 0 Å². The fraction of sp³-hybridized carbons (Fsp3) is 0.318. The number of fused-ring (bicyclic) bond motifs is 2. The van der Waals surface area contributed by atoms with E-state index in [1.54, 1.807) is 29.2 Å². The number of halogens is 4. The Morgan fingerprint density at radius 3 is 2.39 bits per heavy atom. The molecule has 11 heteroatoms. The minimum absolute atomic E-state index is 0.0795. The third-order valence-corrected chi connectivity index (χ3v) is 5.95. The van der Waals surface area contributed by atoms with Gasteiger partial charge < -0.3 is 9.64 Å². The summed E-state index contributed by atoms with van der Waals surface area (Å²) in [5.41, 5.74) is -0.0935. The van der Waals surface area contributed by atoms with Gasteiger partial charge in [-0.15, -0.1) is 0 Å². The van der Waals surface area contributed by atoms with Gasteiger partial charge in [0, 0.05) is 30.4 Å². The highest BCUT2D eigenvalue weighted by Crippen LogP contribution is 2.41. The topological polar surface area (TPSA) is 81.1 Å². The van der Waals surface area contributed by atoms with E-state index < -0.39 is 23.7 Å². The van der Waals surface area contributed by atoms with Gasteiger partial charge in [0.1, 0.15) is 6.10 Å². The quantitative estimate of drug-likeness (QED) is 0.551. The number of nitrogens with zero attached hydrogens (tertiary/aromatic N) is 5. The molecule has 33 heavy (non-hydrogen) atoms. The molecule has 0 N–H and O–H groups in total. The lowest BCUT2D eigenvalue weighted by Gasteiger charge is -2.25. The van der Waals surface area contributed by atoms with Crippen molar-refractivity contribution in [3.05, 3.63) is 66.0 Å². The molecule has 2 aliphatic heterocycles. The van der Waals surface area contributed by atoms with Crippen molar-refractivity contribution in [2.75, 3.05) is 0 Å². The summed E-state index contributed by atoms with van der Waals surface area (Å²) in [6, 6.07) is 6.32. The van der Waals surface area contributed by atoms with Crippen LogP contribution < -0.4 is 4.74 Å². The van der Waals surface area contributed by atoms with Crippen molar-refractivity contribution in [2.45, 2.75) is 43.6 Å². The number of benzene rings is 1. The molecule has 0 unspecified atom stereocenters. The molecule has 2 aliphatic rings. The van der Waals surface area contributed by atoms with Gasteiger partial charge in [-0.2, -0.15) is 13.2 Å². The molecule has 1 aromatic carbocycles. The van der Waals surface area contributed by atoms with Gasteiger partial charge in [0.2, 0.25) is 0 Å². The molecule has 4 heterocycles. The predicted molar refractivity (Wildman–Crippen MR) is 106 cm³/mol. The molecule has 0 aliphatic carbocycles. The van der Waals surface area contributed by atoms with Crippen molar-refractivity contribution in [3.8, 4) is 17.4 Å². The molecule has 3 atom stereocenters. The first kappa shape index (κ1) is 21.2. The van der Waals surface area contributed by atoms with E-state index in [4.69, 9.17) is 4.74 Å². The zero-order valence-electron chi connectivity index (χ0n) is 17.0. The Morgan fingerprint density at radius 2 is 1.70 bits per heavy atom. The van der Waals surface area contributed by atoms with Gasteiger partial charge in [-0.1, -0.05) is 18.2 Å². The molecular weight excluding hydrogens is 442 g/mol. The zero-order chi connectivity index (χ0) is 23.2. The standard InChI is InChI=1S/C22H17F4N5O2/c23-13-10-27-19(28-11-13)15-3-1-2-4-16(15)20(32)31-14-5-6-17(31)18(7-14)33-21-29-8-12(9-30-21)22(24,25)26/h1-4,8-11,14,17-18H,5-7H2/t14-,17+,18-/m1/s1. The second-order valence-corrected chi connectivity index (χ2v) is 7.93. The van der Waals surface area contributed by atoms with Crippen molar-refractivity contribution in [1.82, 2.24) is 24.8 Å².